The topological polar surface area (TPSA) is 101 Å². The van der Waals surface area contributed by atoms with Crippen LogP contribution in [0.25, 0.3) is 0 Å². The van der Waals surface area contributed by atoms with E-state index >= 15 is 0 Å². The van der Waals surface area contributed by atoms with Crippen molar-refractivity contribution in [2.24, 2.45) is 0 Å². The van der Waals surface area contributed by atoms with Gasteiger partial charge in [-0.25, -0.2) is 0 Å². The van der Waals surface area contributed by atoms with Gasteiger partial charge in [-0.1, -0.05) is 11.8 Å². The highest BCUT2D eigenvalue weighted by Gasteiger charge is 2.22. The van der Waals surface area contributed by atoms with Crippen LogP contribution >= 0.6 is 11.8 Å². The first-order chi connectivity index (χ1) is 10.0. The van der Waals surface area contributed by atoms with Crippen molar-refractivity contribution in [2.45, 2.75) is 43.4 Å². The standard InChI is InChI=1S/C13H17N3O4S/c17-10(14-9-3-4-9)2-1-6-16-7-5-11(18)15-13(16)21-8-12(19)20/h5,7,9H,1-4,6,8H2,(H,14,17)(H,19,20). The van der Waals surface area contributed by atoms with Crippen molar-refractivity contribution >= 4 is 23.6 Å². The second-order valence-electron chi connectivity index (χ2n) is 4.87. The maximum absolute atomic E-state index is 11.6. The Morgan fingerprint density at radius 2 is 2.24 bits per heavy atom. The number of nitrogens with one attached hydrogen (secondary N) is 1. The van der Waals surface area contributed by atoms with E-state index in [1.54, 1.807) is 10.8 Å². The second-order valence-corrected chi connectivity index (χ2v) is 5.81. The van der Waals surface area contributed by atoms with Crippen LogP contribution in [0.1, 0.15) is 25.7 Å². The Labute approximate surface area is 125 Å². The smallest absolute Gasteiger partial charge is 0.313 e. The van der Waals surface area contributed by atoms with Crippen molar-refractivity contribution < 1.29 is 14.7 Å². The van der Waals surface area contributed by atoms with Crippen molar-refractivity contribution in [1.82, 2.24) is 14.9 Å². The van der Waals surface area contributed by atoms with E-state index in [0.29, 0.717) is 30.6 Å². The lowest BCUT2D eigenvalue weighted by atomic mass is 10.3. The molecule has 8 heteroatoms. The van der Waals surface area contributed by atoms with Crippen LogP contribution in [0.4, 0.5) is 0 Å². The number of hydrogen-bond acceptors (Lipinski definition) is 5. The van der Waals surface area contributed by atoms with Crippen LogP contribution in [0.2, 0.25) is 0 Å². The van der Waals surface area contributed by atoms with Crippen molar-refractivity contribution in [3.05, 3.63) is 22.6 Å². The molecule has 0 aromatic carbocycles. The van der Waals surface area contributed by atoms with Gasteiger partial charge in [0.2, 0.25) is 5.91 Å². The number of hydrogen-bond donors (Lipinski definition) is 2. The zero-order chi connectivity index (χ0) is 15.2. The molecule has 1 aliphatic carbocycles. The zero-order valence-electron chi connectivity index (χ0n) is 11.4. The fourth-order valence-corrected chi connectivity index (χ4v) is 2.49. The third kappa shape index (κ3) is 5.58. The Hall–Kier alpha value is -1.83. The van der Waals surface area contributed by atoms with Gasteiger partial charge in [0.25, 0.3) is 5.56 Å². The molecule has 0 saturated heterocycles. The molecule has 0 unspecified atom stereocenters. The van der Waals surface area contributed by atoms with Crippen molar-refractivity contribution in [3.8, 4) is 0 Å². The summed E-state index contributed by atoms with van der Waals surface area (Å²) in [6, 6.07) is 1.68. The molecule has 1 saturated carbocycles. The largest absolute Gasteiger partial charge is 0.481 e. The van der Waals surface area contributed by atoms with E-state index < -0.39 is 11.5 Å². The molecule has 0 atom stereocenters. The Bertz CT molecular complexity index is 583. The summed E-state index contributed by atoms with van der Waals surface area (Å²) in [6.45, 7) is 0.521. The highest BCUT2D eigenvalue weighted by atomic mass is 32.2. The fraction of sp³-hybridized carbons (Fsp3) is 0.538. The van der Waals surface area contributed by atoms with Crippen LogP contribution < -0.4 is 10.9 Å². The third-order valence-electron chi connectivity index (χ3n) is 2.92. The molecule has 1 aromatic heterocycles. The summed E-state index contributed by atoms with van der Waals surface area (Å²) >= 11 is 1.00. The van der Waals surface area contributed by atoms with Crippen LogP contribution in [-0.2, 0) is 16.1 Å². The molecule has 0 aliphatic heterocycles. The Morgan fingerprint density at radius 3 is 2.90 bits per heavy atom. The molecule has 2 rings (SSSR count). The maximum atomic E-state index is 11.6. The summed E-state index contributed by atoms with van der Waals surface area (Å²) in [4.78, 5) is 37.2. The van der Waals surface area contributed by atoms with Crippen LogP contribution in [0.5, 0.6) is 0 Å². The number of carboxylic acids is 1. The van der Waals surface area contributed by atoms with E-state index in [1.165, 1.54) is 6.07 Å². The van der Waals surface area contributed by atoms with Gasteiger partial charge in [-0.3, -0.25) is 14.4 Å². The first kappa shape index (κ1) is 15.6. The van der Waals surface area contributed by atoms with E-state index in [2.05, 4.69) is 10.3 Å². The number of carbonyl (C=O) groups excluding carboxylic acids is 1. The number of carboxylic acid groups (broad SMARTS) is 1. The quantitative estimate of drug-likeness (QED) is 0.535. The van der Waals surface area contributed by atoms with Crippen molar-refractivity contribution in [2.75, 3.05) is 5.75 Å². The number of carbonyl (C=O) groups is 2. The number of aliphatic carboxylic acids is 1. The van der Waals surface area contributed by atoms with Crippen molar-refractivity contribution in [3.63, 3.8) is 0 Å². The molecule has 1 fully saturated rings. The maximum Gasteiger partial charge on any atom is 0.313 e. The predicted molar refractivity (Wildman–Crippen MR) is 77.3 cm³/mol. The average molecular weight is 311 g/mol. The Balaban J connectivity index is 1.86. The number of aryl methyl sites for hydroxylation is 1. The number of nitrogens with zero attached hydrogens (tertiary/aromatic N) is 2. The summed E-state index contributed by atoms with van der Waals surface area (Å²) in [5.74, 6) is -1.08. The predicted octanol–water partition coefficient (Wildman–Crippen LogP) is 0.479. The summed E-state index contributed by atoms with van der Waals surface area (Å²) < 4.78 is 1.71. The summed E-state index contributed by atoms with van der Waals surface area (Å²) in [7, 11) is 0. The molecule has 21 heavy (non-hydrogen) atoms. The van der Waals surface area contributed by atoms with Gasteiger partial charge in [0.15, 0.2) is 5.16 Å². The van der Waals surface area contributed by atoms with Gasteiger partial charge in [0, 0.05) is 31.3 Å². The van der Waals surface area contributed by atoms with E-state index in [-0.39, 0.29) is 11.7 Å². The van der Waals surface area contributed by atoms with Gasteiger partial charge in [-0.15, -0.1) is 0 Å². The number of rotatable bonds is 8. The average Bonchev–Trinajstić information content (AvgIpc) is 3.22. The van der Waals surface area contributed by atoms with Gasteiger partial charge < -0.3 is 15.0 Å². The van der Waals surface area contributed by atoms with Crippen LogP contribution in [0, 0.1) is 0 Å². The molecule has 1 aromatic rings. The monoisotopic (exact) mass is 311 g/mol. The van der Waals surface area contributed by atoms with E-state index in [0.717, 1.165) is 24.6 Å². The van der Waals surface area contributed by atoms with Crippen LogP contribution in [0.15, 0.2) is 22.2 Å². The highest BCUT2D eigenvalue weighted by molar-refractivity contribution is 7.99. The highest BCUT2D eigenvalue weighted by Crippen LogP contribution is 2.19. The first-order valence-electron chi connectivity index (χ1n) is 6.76. The normalized spacial score (nSPS) is 13.9. The number of amides is 1. The minimum absolute atomic E-state index is 0.0336. The van der Waals surface area contributed by atoms with Gasteiger partial charge in [0.05, 0.1) is 5.75 Å². The van der Waals surface area contributed by atoms with E-state index in [9.17, 15) is 14.4 Å². The summed E-state index contributed by atoms with van der Waals surface area (Å²) in [5, 5.41) is 12.0. The van der Waals surface area contributed by atoms with Gasteiger partial charge in [-0.2, -0.15) is 4.98 Å². The molecule has 7 nitrogen and oxygen atoms in total. The van der Waals surface area contributed by atoms with Gasteiger partial charge in [-0.05, 0) is 19.3 Å². The summed E-state index contributed by atoms with van der Waals surface area (Å²) in [5.41, 5.74) is -0.398. The fourth-order valence-electron chi connectivity index (χ4n) is 1.76. The van der Waals surface area contributed by atoms with E-state index in [1.807, 2.05) is 0 Å². The molecule has 2 N–H and O–H groups in total. The van der Waals surface area contributed by atoms with E-state index in [4.69, 9.17) is 5.11 Å². The van der Waals surface area contributed by atoms with Gasteiger partial charge >= 0.3 is 5.97 Å². The van der Waals surface area contributed by atoms with Crippen molar-refractivity contribution in [1.29, 1.82) is 0 Å². The zero-order valence-corrected chi connectivity index (χ0v) is 12.3. The first-order valence-corrected chi connectivity index (χ1v) is 7.74. The molecule has 114 valence electrons. The second kappa shape index (κ2) is 7.26. The van der Waals surface area contributed by atoms with Crippen LogP contribution in [0.3, 0.4) is 0 Å². The Kier molecular flexibility index (Phi) is 5.38. The lowest BCUT2D eigenvalue weighted by Gasteiger charge is -2.10. The van der Waals surface area contributed by atoms with Gasteiger partial charge in [0.1, 0.15) is 0 Å². The SMILES string of the molecule is O=C(O)CSc1nc(=O)ccn1CCCC(=O)NC1CC1. The summed E-state index contributed by atoms with van der Waals surface area (Å²) in [6.07, 6.45) is 4.73. The Morgan fingerprint density at radius 1 is 1.48 bits per heavy atom. The molecule has 0 bridgehead atoms. The lowest BCUT2D eigenvalue weighted by molar-refractivity contribution is -0.134. The molecule has 0 spiro atoms. The number of aromatic nitrogens is 2. The minimum atomic E-state index is -0.964. The third-order valence-corrected chi connectivity index (χ3v) is 3.89. The van der Waals surface area contributed by atoms with Crippen LogP contribution in [-0.4, -0.2) is 38.3 Å². The molecular weight excluding hydrogens is 294 g/mol. The molecule has 1 heterocycles. The number of thioether (sulfide) groups is 1. The minimum Gasteiger partial charge on any atom is -0.481 e. The molecule has 1 aliphatic rings. The molecule has 1 amide bonds. The molecular formula is C13H17N3O4S. The lowest BCUT2D eigenvalue weighted by Crippen LogP contribution is -2.25. The molecule has 0 radical (unpaired) electrons.